The Bertz CT molecular complexity index is 272. The fourth-order valence-electron chi connectivity index (χ4n) is 1.10. The molecule has 0 aliphatic rings. The second kappa shape index (κ2) is 5.30. The summed E-state index contributed by atoms with van der Waals surface area (Å²) in [5, 5.41) is 14.7. The summed E-state index contributed by atoms with van der Waals surface area (Å²) >= 11 is 0. The number of rotatable bonds is 6. The molecule has 0 unspecified atom stereocenters. The minimum Gasteiger partial charge on any atom is -0.481 e. The van der Waals surface area contributed by atoms with Gasteiger partial charge in [-0.05, 0) is 27.7 Å². The van der Waals surface area contributed by atoms with E-state index in [0.717, 1.165) is 0 Å². The summed E-state index contributed by atoms with van der Waals surface area (Å²) in [6.07, 6.45) is 0.343. The highest BCUT2D eigenvalue weighted by Gasteiger charge is 2.42. The average molecular weight is 230 g/mol. The van der Waals surface area contributed by atoms with Gasteiger partial charge in [-0.3, -0.25) is 9.59 Å². The van der Waals surface area contributed by atoms with Crippen LogP contribution in [-0.2, 0) is 9.59 Å². The Morgan fingerprint density at radius 3 is 2.06 bits per heavy atom. The number of hydrogen-bond acceptors (Lipinski definition) is 3. The summed E-state index contributed by atoms with van der Waals surface area (Å²) < 4.78 is 0. The normalized spacial score (nSPS) is 12.3. The summed E-state index contributed by atoms with van der Waals surface area (Å²) in [7, 11) is 1.58. The summed E-state index contributed by atoms with van der Waals surface area (Å²) in [6.45, 7) is 7.45. The van der Waals surface area contributed by atoms with E-state index >= 15 is 0 Å². The van der Waals surface area contributed by atoms with E-state index in [1.165, 1.54) is 0 Å². The van der Waals surface area contributed by atoms with E-state index in [-0.39, 0.29) is 5.91 Å². The van der Waals surface area contributed by atoms with E-state index in [4.69, 9.17) is 5.11 Å². The molecule has 0 fully saturated rings. The standard InChI is InChI=1S/C11H22N2O3/c1-10(2,9(15)16)11(3,4)13-7-6-8(14)12-5/h13H,6-7H2,1-5H3,(H,12,14)(H,15,16). The SMILES string of the molecule is CNC(=O)CCNC(C)(C)C(C)(C)C(=O)O. The lowest BCUT2D eigenvalue weighted by molar-refractivity contribution is -0.151. The molecule has 0 aliphatic carbocycles. The number of amides is 1. The van der Waals surface area contributed by atoms with Gasteiger partial charge >= 0.3 is 5.97 Å². The van der Waals surface area contributed by atoms with Crippen LogP contribution in [0.3, 0.4) is 0 Å². The third-order valence-electron chi connectivity index (χ3n) is 3.30. The molecule has 0 heterocycles. The fourth-order valence-corrected chi connectivity index (χ4v) is 1.10. The number of carboxylic acids is 1. The van der Waals surface area contributed by atoms with Gasteiger partial charge in [0.2, 0.25) is 5.91 Å². The molecular formula is C11H22N2O3. The first-order valence-corrected chi connectivity index (χ1v) is 5.34. The van der Waals surface area contributed by atoms with Gasteiger partial charge in [-0.15, -0.1) is 0 Å². The minimum atomic E-state index is -0.893. The first kappa shape index (κ1) is 14.9. The first-order chi connectivity index (χ1) is 7.15. The van der Waals surface area contributed by atoms with Crippen molar-refractivity contribution in [3.8, 4) is 0 Å². The molecule has 5 nitrogen and oxygen atoms in total. The Kier molecular flexibility index (Phi) is 4.93. The van der Waals surface area contributed by atoms with Crippen molar-refractivity contribution in [2.45, 2.75) is 39.7 Å². The number of carboxylic acid groups (broad SMARTS) is 1. The van der Waals surface area contributed by atoms with E-state index in [2.05, 4.69) is 10.6 Å². The lowest BCUT2D eigenvalue weighted by Gasteiger charge is -2.39. The predicted molar refractivity (Wildman–Crippen MR) is 62.2 cm³/mol. The van der Waals surface area contributed by atoms with Crippen molar-refractivity contribution in [1.29, 1.82) is 0 Å². The lowest BCUT2D eigenvalue weighted by Crippen LogP contribution is -2.55. The number of hydrogen-bond donors (Lipinski definition) is 3. The summed E-state index contributed by atoms with van der Waals surface area (Å²) in [6, 6.07) is 0. The molecule has 0 aromatic heterocycles. The number of aliphatic carboxylic acids is 1. The molecule has 0 spiro atoms. The van der Waals surface area contributed by atoms with Crippen molar-refractivity contribution < 1.29 is 14.7 Å². The van der Waals surface area contributed by atoms with Crippen molar-refractivity contribution in [2.24, 2.45) is 5.41 Å². The zero-order valence-corrected chi connectivity index (χ0v) is 10.7. The molecule has 0 rings (SSSR count). The van der Waals surface area contributed by atoms with E-state index in [1.54, 1.807) is 20.9 Å². The van der Waals surface area contributed by atoms with Gasteiger partial charge < -0.3 is 15.7 Å². The second-order valence-electron chi connectivity index (χ2n) is 4.91. The number of nitrogens with one attached hydrogen (secondary N) is 2. The Labute approximate surface area is 96.6 Å². The minimum absolute atomic E-state index is 0.0589. The molecule has 94 valence electrons. The molecule has 0 saturated carbocycles. The molecule has 16 heavy (non-hydrogen) atoms. The number of carbonyl (C=O) groups is 2. The van der Waals surface area contributed by atoms with Crippen LogP contribution in [0.5, 0.6) is 0 Å². The van der Waals surface area contributed by atoms with E-state index in [1.807, 2.05) is 13.8 Å². The van der Waals surface area contributed by atoms with Crippen LogP contribution in [0, 0.1) is 5.41 Å². The molecule has 0 bridgehead atoms. The molecule has 0 aromatic rings. The Hall–Kier alpha value is -1.10. The molecule has 5 heteroatoms. The van der Waals surface area contributed by atoms with Crippen LogP contribution in [0.1, 0.15) is 34.1 Å². The van der Waals surface area contributed by atoms with Gasteiger partial charge in [0.15, 0.2) is 0 Å². The molecular weight excluding hydrogens is 208 g/mol. The zero-order chi connectivity index (χ0) is 13.0. The van der Waals surface area contributed by atoms with Crippen LogP contribution in [-0.4, -0.2) is 36.1 Å². The zero-order valence-electron chi connectivity index (χ0n) is 10.7. The van der Waals surface area contributed by atoms with Crippen LogP contribution in [0.2, 0.25) is 0 Å². The van der Waals surface area contributed by atoms with Gasteiger partial charge in [0.1, 0.15) is 0 Å². The molecule has 0 radical (unpaired) electrons. The average Bonchev–Trinajstić information content (AvgIpc) is 2.16. The van der Waals surface area contributed by atoms with Crippen molar-refractivity contribution in [1.82, 2.24) is 10.6 Å². The molecule has 3 N–H and O–H groups in total. The molecule has 1 amide bonds. The highest BCUT2D eigenvalue weighted by atomic mass is 16.4. The van der Waals surface area contributed by atoms with E-state index in [0.29, 0.717) is 13.0 Å². The predicted octanol–water partition coefficient (Wildman–Crippen LogP) is 0.601. The van der Waals surface area contributed by atoms with Crippen LogP contribution in [0.15, 0.2) is 0 Å². The summed E-state index contributed by atoms with van der Waals surface area (Å²) in [4.78, 5) is 22.1. The highest BCUT2D eigenvalue weighted by Crippen LogP contribution is 2.30. The van der Waals surface area contributed by atoms with Crippen LogP contribution in [0.25, 0.3) is 0 Å². The third kappa shape index (κ3) is 3.48. The Morgan fingerprint density at radius 2 is 1.69 bits per heavy atom. The van der Waals surface area contributed by atoms with Crippen LogP contribution < -0.4 is 10.6 Å². The van der Waals surface area contributed by atoms with Gasteiger partial charge in [-0.1, -0.05) is 0 Å². The van der Waals surface area contributed by atoms with E-state index < -0.39 is 16.9 Å². The molecule has 0 atom stereocenters. The largest absolute Gasteiger partial charge is 0.481 e. The maximum Gasteiger partial charge on any atom is 0.310 e. The van der Waals surface area contributed by atoms with Crippen LogP contribution >= 0.6 is 0 Å². The molecule has 0 aromatic carbocycles. The van der Waals surface area contributed by atoms with Gasteiger partial charge in [-0.2, -0.15) is 0 Å². The smallest absolute Gasteiger partial charge is 0.310 e. The first-order valence-electron chi connectivity index (χ1n) is 5.34. The number of carbonyl (C=O) groups excluding carboxylic acids is 1. The van der Waals surface area contributed by atoms with Crippen molar-refractivity contribution >= 4 is 11.9 Å². The lowest BCUT2D eigenvalue weighted by atomic mass is 9.74. The van der Waals surface area contributed by atoms with Gasteiger partial charge in [0.25, 0.3) is 0 Å². The van der Waals surface area contributed by atoms with Gasteiger partial charge in [-0.25, -0.2) is 0 Å². The second-order valence-corrected chi connectivity index (χ2v) is 4.91. The van der Waals surface area contributed by atoms with E-state index in [9.17, 15) is 9.59 Å². The topological polar surface area (TPSA) is 78.4 Å². The van der Waals surface area contributed by atoms with Crippen molar-refractivity contribution in [3.05, 3.63) is 0 Å². The molecule has 0 saturated heterocycles. The van der Waals surface area contributed by atoms with Gasteiger partial charge in [0, 0.05) is 25.6 Å². The monoisotopic (exact) mass is 230 g/mol. The van der Waals surface area contributed by atoms with Crippen molar-refractivity contribution in [2.75, 3.05) is 13.6 Å². The summed E-state index contributed by atoms with van der Waals surface area (Å²) in [5.41, 5.74) is -1.47. The maximum absolute atomic E-state index is 11.1. The fraction of sp³-hybridized carbons (Fsp3) is 0.818. The van der Waals surface area contributed by atoms with Crippen molar-refractivity contribution in [3.63, 3.8) is 0 Å². The molecule has 0 aliphatic heterocycles. The Morgan fingerprint density at radius 1 is 1.19 bits per heavy atom. The maximum atomic E-state index is 11.1. The van der Waals surface area contributed by atoms with Crippen LogP contribution in [0.4, 0.5) is 0 Å². The highest BCUT2D eigenvalue weighted by molar-refractivity contribution is 5.76. The Balaban J connectivity index is 4.35. The quantitative estimate of drug-likeness (QED) is 0.624. The third-order valence-corrected chi connectivity index (χ3v) is 3.30. The summed E-state index contributed by atoms with van der Waals surface area (Å²) in [5.74, 6) is -0.915. The van der Waals surface area contributed by atoms with Gasteiger partial charge in [0.05, 0.1) is 5.41 Å².